The van der Waals surface area contributed by atoms with E-state index in [1.807, 2.05) is 6.07 Å². The standard InChI is InChI=1S/C10H11BrFN/c11-8-4-3-7(6-9(8)12)10-2-1-5-13-10/h3-4,6,10,13H,1-2,5H2/t10-/m0/s1. The van der Waals surface area contributed by atoms with E-state index in [4.69, 9.17) is 0 Å². The highest BCUT2D eigenvalue weighted by molar-refractivity contribution is 9.10. The summed E-state index contributed by atoms with van der Waals surface area (Å²) < 4.78 is 13.7. The Hall–Kier alpha value is -0.410. The van der Waals surface area contributed by atoms with E-state index in [1.54, 1.807) is 12.1 Å². The van der Waals surface area contributed by atoms with Gasteiger partial charge < -0.3 is 5.32 Å². The predicted molar refractivity (Wildman–Crippen MR) is 54.1 cm³/mol. The van der Waals surface area contributed by atoms with Crippen molar-refractivity contribution in [3.05, 3.63) is 34.1 Å². The lowest BCUT2D eigenvalue weighted by molar-refractivity contribution is 0.601. The molecule has 0 aliphatic carbocycles. The van der Waals surface area contributed by atoms with Crippen molar-refractivity contribution in [3.63, 3.8) is 0 Å². The molecule has 1 aliphatic rings. The van der Waals surface area contributed by atoms with E-state index >= 15 is 0 Å². The summed E-state index contributed by atoms with van der Waals surface area (Å²) in [7, 11) is 0. The fourth-order valence-corrected chi connectivity index (χ4v) is 1.94. The van der Waals surface area contributed by atoms with Gasteiger partial charge in [-0.05, 0) is 53.0 Å². The summed E-state index contributed by atoms with van der Waals surface area (Å²) in [6.45, 7) is 1.04. The largest absolute Gasteiger partial charge is 0.310 e. The highest BCUT2D eigenvalue weighted by Gasteiger charge is 2.16. The van der Waals surface area contributed by atoms with Crippen LogP contribution in [0.4, 0.5) is 4.39 Å². The summed E-state index contributed by atoms with van der Waals surface area (Å²) in [4.78, 5) is 0. The first-order valence-electron chi connectivity index (χ1n) is 4.46. The average molecular weight is 244 g/mol. The molecule has 70 valence electrons. The Morgan fingerprint density at radius 3 is 2.92 bits per heavy atom. The second-order valence-corrected chi connectivity index (χ2v) is 4.18. The second kappa shape index (κ2) is 3.76. The quantitative estimate of drug-likeness (QED) is 0.800. The van der Waals surface area contributed by atoms with Gasteiger partial charge in [-0.25, -0.2) is 4.39 Å². The Morgan fingerprint density at radius 2 is 2.31 bits per heavy atom. The minimum absolute atomic E-state index is 0.175. The third-order valence-corrected chi connectivity index (χ3v) is 3.05. The highest BCUT2D eigenvalue weighted by atomic mass is 79.9. The number of benzene rings is 1. The number of hydrogen-bond donors (Lipinski definition) is 1. The molecule has 0 spiro atoms. The van der Waals surface area contributed by atoms with Crippen molar-refractivity contribution in [2.45, 2.75) is 18.9 Å². The molecule has 13 heavy (non-hydrogen) atoms. The van der Waals surface area contributed by atoms with Crippen LogP contribution in [-0.2, 0) is 0 Å². The molecule has 1 atom stereocenters. The van der Waals surface area contributed by atoms with E-state index in [0.717, 1.165) is 18.5 Å². The number of halogens is 2. The molecule has 0 amide bonds. The van der Waals surface area contributed by atoms with Crippen LogP contribution >= 0.6 is 15.9 Å². The van der Waals surface area contributed by atoms with Crippen molar-refractivity contribution in [1.82, 2.24) is 5.32 Å². The van der Waals surface area contributed by atoms with Crippen molar-refractivity contribution < 1.29 is 4.39 Å². The van der Waals surface area contributed by atoms with Crippen LogP contribution in [0.5, 0.6) is 0 Å². The zero-order chi connectivity index (χ0) is 9.26. The monoisotopic (exact) mass is 243 g/mol. The van der Waals surface area contributed by atoms with Crippen molar-refractivity contribution in [3.8, 4) is 0 Å². The van der Waals surface area contributed by atoms with Gasteiger partial charge in [-0.3, -0.25) is 0 Å². The predicted octanol–water partition coefficient (Wildman–Crippen LogP) is 3.01. The van der Waals surface area contributed by atoms with E-state index in [2.05, 4.69) is 21.2 Å². The smallest absolute Gasteiger partial charge is 0.137 e. The van der Waals surface area contributed by atoms with Crippen LogP contribution in [-0.4, -0.2) is 6.54 Å². The summed E-state index contributed by atoms with van der Waals surface area (Å²) in [6.07, 6.45) is 2.30. The summed E-state index contributed by atoms with van der Waals surface area (Å²) >= 11 is 3.14. The molecule has 0 unspecified atom stereocenters. The Morgan fingerprint density at radius 1 is 1.46 bits per heavy atom. The summed E-state index contributed by atoms with van der Waals surface area (Å²) in [6, 6.07) is 5.69. The number of nitrogens with one attached hydrogen (secondary N) is 1. The molecule has 0 aromatic heterocycles. The normalized spacial score (nSPS) is 22.2. The van der Waals surface area contributed by atoms with Gasteiger partial charge in [-0.2, -0.15) is 0 Å². The van der Waals surface area contributed by atoms with E-state index < -0.39 is 0 Å². The molecule has 0 saturated carbocycles. The van der Waals surface area contributed by atoms with Crippen molar-refractivity contribution in [1.29, 1.82) is 0 Å². The molecule has 2 rings (SSSR count). The fraction of sp³-hybridized carbons (Fsp3) is 0.400. The zero-order valence-electron chi connectivity index (χ0n) is 7.19. The average Bonchev–Trinajstić information content (AvgIpc) is 2.62. The van der Waals surface area contributed by atoms with Gasteiger partial charge in [0.2, 0.25) is 0 Å². The molecule has 0 bridgehead atoms. The number of rotatable bonds is 1. The molecule has 1 fully saturated rings. The lowest BCUT2D eigenvalue weighted by Crippen LogP contribution is -2.12. The van der Waals surface area contributed by atoms with Crippen LogP contribution < -0.4 is 5.32 Å². The first-order chi connectivity index (χ1) is 6.27. The minimum atomic E-state index is -0.175. The molecule has 0 radical (unpaired) electrons. The molecule has 1 aliphatic heterocycles. The summed E-state index contributed by atoms with van der Waals surface area (Å²) in [5, 5.41) is 3.34. The van der Waals surface area contributed by atoms with E-state index in [1.165, 1.54) is 6.42 Å². The van der Waals surface area contributed by atoms with Gasteiger partial charge in [0.1, 0.15) is 5.82 Å². The van der Waals surface area contributed by atoms with Gasteiger partial charge in [0.25, 0.3) is 0 Å². The SMILES string of the molecule is Fc1cc([C@@H]2CCCN2)ccc1Br. The molecule has 1 saturated heterocycles. The third kappa shape index (κ3) is 1.92. The lowest BCUT2D eigenvalue weighted by Gasteiger charge is -2.10. The maximum absolute atomic E-state index is 13.2. The third-order valence-electron chi connectivity index (χ3n) is 2.41. The van der Waals surface area contributed by atoms with Crippen LogP contribution in [0.1, 0.15) is 24.4 Å². The lowest BCUT2D eigenvalue weighted by atomic mass is 10.1. The van der Waals surface area contributed by atoms with Gasteiger partial charge in [0, 0.05) is 6.04 Å². The van der Waals surface area contributed by atoms with Gasteiger partial charge in [-0.1, -0.05) is 6.07 Å². The molecule has 1 aromatic rings. The summed E-state index contributed by atoms with van der Waals surface area (Å²) in [5.74, 6) is -0.175. The van der Waals surface area contributed by atoms with E-state index in [9.17, 15) is 4.39 Å². The first-order valence-corrected chi connectivity index (χ1v) is 5.25. The Kier molecular flexibility index (Phi) is 2.65. The first kappa shape index (κ1) is 9.16. The fourth-order valence-electron chi connectivity index (χ4n) is 1.70. The van der Waals surface area contributed by atoms with Gasteiger partial charge in [0.05, 0.1) is 4.47 Å². The maximum atomic E-state index is 13.2. The van der Waals surface area contributed by atoms with Gasteiger partial charge >= 0.3 is 0 Å². The van der Waals surface area contributed by atoms with Crippen molar-refractivity contribution >= 4 is 15.9 Å². The number of hydrogen-bond acceptors (Lipinski definition) is 1. The van der Waals surface area contributed by atoms with Gasteiger partial charge in [-0.15, -0.1) is 0 Å². The molecular weight excluding hydrogens is 233 g/mol. The molecule has 1 heterocycles. The van der Waals surface area contributed by atoms with E-state index in [0.29, 0.717) is 10.5 Å². The van der Waals surface area contributed by atoms with Crippen LogP contribution in [0, 0.1) is 5.82 Å². The van der Waals surface area contributed by atoms with Crippen LogP contribution in [0.25, 0.3) is 0 Å². The minimum Gasteiger partial charge on any atom is -0.310 e. The van der Waals surface area contributed by atoms with Crippen LogP contribution in [0.2, 0.25) is 0 Å². The molecule has 1 nitrogen and oxygen atoms in total. The zero-order valence-corrected chi connectivity index (χ0v) is 8.77. The van der Waals surface area contributed by atoms with Crippen molar-refractivity contribution in [2.75, 3.05) is 6.54 Å². The topological polar surface area (TPSA) is 12.0 Å². The van der Waals surface area contributed by atoms with Crippen LogP contribution in [0.15, 0.2) is 22.7 Å². The van der Waals surface area contributed by atoms with Crippen LogP contribution in [0.3, 0.4) is 0 Å². The Bertz CT molecular complexity index is 308. The Balaban J connectivity index is 2.25. The molecule has 1 N–H and O–H groups in total. The summed E-state index contributed by atoms with van der Waals surface area (Å²) in [5.41, 5.74) is 1.05. The van der Waals surface area contributed by atoms with E-state index in [-0.39, 0.29) is 5.82 Å². The van der Waals surface area contributed by atoms with Crippen molar-refractivity contribution in [2.24, 2.45) is 0 Å². The second-order valence-electron chi connectivity index (χ2n) is 3.32. The Labute approximate surface area is 85.5 Å². The highest BCUT2D eigenvalue weighted by Crippen LogP contribution is 2.25. The van der Waals surface area contributed by atoms with Gasteiger partial charge in [0.15, 0.2) is 0 Å². The molecular formula is C10H11BrFN. The molecule has 1 aromatic carbocycles. The molecule has 3 heteroatoms. The maximum Gasteiger partial charge on any atom is 0.137 e.